The van der Waals surface area contributed by atoms with Gasteiger partial charge in [0.25, 0.3) is 0 Å². The van der Waals surface area contributed by atoms with Gasteiger partial charge >= 0.3 is 5.00 Å². The van der Waals surface area contributed by atoms with Crippen LogP contribution in [0.4, 0.5) is 5.00 Å². The number of nitrogens with zero attached hydrogens (tertiary/aromatic N) is 2. The number of thiophene rings is 1. The molecule has 20 heavy (non-hydrogen) atoms. The Kier molecular flexibility index (Phi) is 5.51. The van der Waals surface area contributed by atoms with Crippen LogP contribution in [0.1, 0.15) is 38.0 Å². The quantitative estimate of drug-likeness (QED) is 0.648. The summed E-state index contributed by atoms with van der Waals surface area (Å²) in [5, 5.41) is 14.5. The van der Waals surface area contributed by atoms with E-state index in [9.17, 15) is 10.1 Å². The van der Waals surface area contributed by atoms with Crippen molar-refractivity contribution in [3.8, 4) is 0 Å². The van der Waals surface area contributed by atoms with Crippen molar-refractivity contribution in [3.05, 3.63) is 27.1 Å². The minimum Gasteiger partial charge on any atom is -0.313 e. The largest absolute Gasteiger partial charge is 0.324 e. The van der Waals surface area contributed by atoms with Crippen LogP contribution in [0.3, 0.4) is 0 Å². The van der Waals surface area contributed by atoms with Crippen LogP contribution in [0.15, 0.2) is 12.1 Å². The predicted molar refractivity (Wildman–Crippen MR) is 82.2 cm³/mol. The first-order chi connectivity index (χ1) is 9.56. The van der Waals surface area contributed by atoms with Gasteiger partial charge in [-0.3, -0.25) is 15.0 Å². The van der Waals surface area contributed by atoms with Gasteiger partial charge in [-0.2, -0.15) is 0 Å². The summed E-state index contributed by atoms with van der Waals surface area (Å²) < 4.78 is 0. The van der Waals surface area contributed by atoms with Gasteiger partial charge in [-0.05, 0) is 39.3 Å². The molecule has 5 nitrogen and oxygen atoms in total. The van der Waals surface area contributed by atoms with Crippen LogP contribution in [0.5, 0.6) is 0 Å². The zero-order valence-electron chi connectivity index (χ0n) is 12.2. The van der Waals surface area contributed by atoms with Crippen molar-refractivity contribution in [2.75, 3.05) is 13.1 Å². The Balaban J connectivity index is 1.95. The average molecular weight is 297 g/mol. The highest BCUT2D eigenvalue weighted by molar-refractivity contribution is 7.15. The van der Waals surface area contributed by atoms with Crippen LogP contribution < -0.4 is 5.32 Å². The Hall–Kier alpha value is -0.980. The molecule has 1 aromatic heterocycles. The maximum Gasteiger partial charge on any atom is 0.324 e. The fraction of sp³-hybridized carbons (Fsp3) is 0.714. The molecule has 0 amide bonds. The fourth-order valence-corrected chi connectivity index (χ4v) is 3.42. The van der Waals surface area contributed by atoms with E-state index >= 15 is 0 Å². The topological polar surface area (TPSA) is 58.4 Å². The molecule has 0 bridgehead atoms. The number of rotatable bonds is 6. The van der Waals surface area contributed by atoms with Crippen LogP contribution in [0.2, 0.25) is 0 Å². The molecular weight excluding hydrogens is 274 g/mol. The van der Waals surface area contributed by atoms with Crippen LogP contribution in [0.25, 0.3) is 0 Å². The van der Waals surface area contributed by atoms with Gasteiger partial charge in [-0.15, -0.1) is 0 Å². The molecule has 0 spiro atoms. The molecule has 1 unspecified atom stereocenters. The molecule has 112 valence electrons. The molecule has 0 saturated carbocycles. The minimum atomic E-state index is -0.309. The van der Waals surface area contributed by atoms with Crippen molar-refractivity contribution >= 4 is 16.3 Å². The van der Waals surface area contributed by atoms with Crippen LogP contribution in [0, 0.1) is 10.1 Å². The average Bonchev–Trinajstić information content (AvgIpc) is 2.88. The molecule has 0 aliphatic carbocycles. The van der Waals surface area contributed by atoms with Gasteiger partial charge in [-0.1, -0.05) is 17.8 Å². The molecular formula is C14H23N3O2S. The number of piperidine rings is 1. The molecule has 1 saturated heterocycles. The number of nitro groups is 1. The van der Waals surface area contributed by atoms with E-state index in [0.29, 0.717) is 12.1 Å². The molecule has 1 atom stereocenters. The monoisotopic (exact) mass is 297 g/mol. The number of hydrogen-bond acceptors (Lipinski definition) is 5. The van der Waals surface area contributed by atoms with Gasteiger partial charge in [0.15, 0.2) is 0 Å². The molecule has 1 aliphatic heterocycles. The van der Waals surface area contributed by atoms with Crippen molar-refractivity contribution in [2.24, 2.45) is 0 Å². The summed E-state index contributed by atoms with van der Waals surface area (Å²) in [6.07, 6.45) is 3.80. The van der Waals surface area contributed by atoms with Gasteiger partial charge in [0.2, 0.25) is 0 Å². The van der Waals surface area contributed by atoms with E-state index in [1.54, 1.807) is 6.07 Å². The van der Waals surface area contributed by atoms with Gasteiger partial charge in [0.05, 0.1) is 4.92 Å². The van der Waals surface area contributed by atoms with Gasteiger partial charge in [0, 0.05) is 36.1 Å². The van der Waals surface area contributed by atoms with Crippen LogP contribution in [-0.2, 0) is 6.54 Å². The normalized spacial score (nSPS) is 19.7. The van der Waals surface area contributed by atoms with Gasteiger partial charge in [0.1, 0.15) is 0 Å². The summed E-state index contributed by atoms with van der Waals surface area (Å²) in [6, 6.07) is 4.49. The second-order valence-corrected chi connectivity index (χ2v) is 6.81. The van der Waals surface area contributed by atoms with Crippen LogP contribution in [-0.4, -0.2) is 35.0 Å². The zero-order valence-corrected chi connectivity index (χ0v) is 13.0. The number of hydrogen-bond donors (Lipinski definition) is 1. The molecule has 1 N–H and O–H groups in total. The first-order valence-corrected chi connectivity index (χ1v) is 8.08. The third-order valence-electron chi connectivity index (χ3n) is 3.78. The number of nitrogens with one attached hydrogen (secondary N) is 1. The summed E-state index contributed by atoms with van der Waals surface area (Å²) in [7, 11) is 0. The molecule has 1 aliphatic rings. The van der Waals surface area contributed by atoms with Crippen molar-refractivity contribution in [3.63, 3.8) is 0 Å². The van der Waals surface area contributed by atoms with E-state index in [4.69, 9.17) is 0 Å². The predicted octanol–water partition coefficient (Wildman–Crippen LogP) is 3.01. The van der Waals surface area contributed by atoms with Crippen molar-refractivity contribution in [1.29, 1.82) is 0 Å². The van der Waals surface area contributed by atoms with E-state index < -0.39 is 0 Å². The smallest absolute Gasteiger partial charge is 0.313 e. The highest BCUT2D eigenvalue weighted by Gasteiger charge is 2.20. The molecule has 0 aromatic carbocycles. The molecule has 0 radical (unpaired) electrons. The van der Waals surface area contributed by atoms with E-state index in [1.165, 1.54) is 30.6 Å². The summed E-state index contributed by atoms with van der Waals surface area (Å²) >= 11 is 1.29. The molecule has 1 fully saturated rings. The van der Waals surface area contributed by atoms with Gasteiger partial charge < -0.3 is 5.32 Å². The molecule has 1 aromatic rings. The lowest BCUT2D eigenvalue weighted by molar-refractivity contribution is -0.380. The fourth-order valence-electron chi connectivity index (χ4n) is 2.57. The van der Waals surface area contributed by atoms with E-state index in [2.05, 4.69) is 24.1 Å². The summed E-state index contributed by atoms with van der Waals surface area (Å²) in [5.74, 6) is 0. The van der Waals surface area contributed by atoms with Gasteiger partial charge in [-0.25, -0.2) is 0 Å². The maximum atomic E-state index is 10.7. The molecule has 2 rings (SSSR count). The summed E-state index contributed by atoms with van der Waals surface area (Å²) in [6.45, 7) is 7.30. The lowest BCUT2D eigenvalue weighted by Gasteiger charge is -2.32. The highest BCUT2D eigenvalue weighted by Crippen LogP contribution is 2.25. The summed E-state index contributed by atoms with van der Waals surface area (Å²) in [4.78, 5) is 13.9. The Bertz CT molecular complexity index is 441. The van der Waals surface area contributed by atoms with Crippen molar-refractivity contribution in [2.45, 2.75) is 51.7 Å². The molecule has 2 heterocycles. The Morgan fingerprint density at radius 1 is 1.50 bits per heavy atom. The third-order valence-corrected chi connectivity index (χ3v) is 4.81. The van der Waals surface area contributed by atoms with E-state index in [-0.39, 0.29) is 9.92 Å². The highest BCUT2D eigenvalue weighted by atomic mass is 32.1. The van der Waals surface area contributed by atoms with Crippen molar-refractivity contribution in [1.82, 2.24) is 10.2 Å². The lowest BCUT2D eigenvalue weighted by Crippen LogP contribution is -2.45. The SMILES string of the molecule is CC(C)N(Cc1ccc([N+](=O)[O-])s1)CC1CCCCN1. The second-order valence-electron chi connectivity index (χ2n) is 5.67. The first-order valence-electron chi connectivity index (χ1n) is 7.27. The Labute approximate surface area is 124 Å². The van der Waals surface area contributed by atoms with E-state index in [1.807, 2.05) is 6.07 Å². The standard InChI is InChI=1S/C14H23N3O2S/c1-11(2)16(9-12-5-3-4-8-15-12)10-13-6-7-14(20-13)17(18)19/h6-7,11-12,15H,3-5,8-10H2,1-2H3. The second kappa shape index (κ2) is 7.15. The molecule has 6 heteroatoms. The summed E-state index contributed by atoms with van der Waals surface area (Å²) in [5.41, 5.74) is 0. The minimum absolute atomic E-state index is 0.236. The van der Waals surface area contributed by atoms with E-state index in [0.717, 1.165) is 24.5 Å². The Morgan fingerprint density at radius 2 is 2.30 bits per heavy atom. The Morgan fingerprint density at radius 3 is 2.85 bits per heavy atom. The zero-order chi connectivity index (χ0) is 14.5. The van der Waals surface area contributed by atoms with Crippen LogP contribution >= 0.6 is 11.3 Å². The first kappa shape index (κ1) is 15.4. The third kappa shape index (κ3) is 4.26. The van der Waals surface area contributed by atoms with Crippen molar-refractivity contribution < 1.29 is 4.92 Å². The maximum absolute atomic E-state index is 10.7. The lowest BCUT2D eigenvalue weighted by atomic mass is 10.0.